The van der Waals surface area contributed by atoms with E-state index in [1.165, 1.54) is 6.07 Å². The van der Waals surface area contributed by atoms with E-state index < -0.39 is 23.6 Å². The summed E-state index contributed by atoms with van der Waals surface area (Å²) in [4.78, 5) is 15.9. The molecule has 5 nitrogen and oxygen atoms in total. The number of nitrogens with one attached hydrogen (secondary N) is 1. The Morgan fingerprint density at radius 3 is 2.70 bits per heavy atom. The average molecular weight is 329 g/mol. The van der Waals surface area contributed by atoms with Gasteiger partial charge in [-0.3, -0.25) is 4.79 Å². The van der Waals surface area contributed by atoms with Gasteiger partial charge in [-0.05, 0) is 30.4 Å². The summed E-state index contributed by atoms with van der Waals surface area (Å²) < 4.78 is 55.0. The Bertz CT molecular complexity index is 738. The Morgan fingerprint density at radius 1 is 1.35 bits per heavy atom. The van der Waals surface area contributed by atoms with Crippen molar-refractivity contribution in [3.05, 3.63) is 46.9 Å². The summed E-state index contributed by atoms with van der Waals surface area (Å²) >= 11 is 0. The number of hydrogen-bond donors (Lipinski definition) is 1. The Labute approximate surface area is 127 Å². The van der Waals surface area contributed by atoms with Crippen molar-refractivity contribution in [2.24, 2.45) is 0 Å². The standard InChI is InChI=1S/C14H11F4N3O2/c15-8-3-10(7-1-2-7)12(19-5-8)13(22)20-6-9-4-11(21-23-9)14(16,17)18/h3-5,7H,1-2,6H2,(H,20,22). The maximum Gasteiger partial charge on any atom is 0.436 e. The predicted octanol–water partition coefficient (Wildman–Crippen LogP) is 3.03. The van der Waals surface area contributed by atoms with Gasteiger partial charge in [0.25, 0.3) is 5.91 Å². The van der Waals surface area contributed by atoms with E-state index in [0.29, 0.717) is 11.6 Å². The minimum absolute atomic E-state index is 0.0736. The van der Waals surface area contributed by atoms with E-state index in [0.717, 1.165) is 19.0 Å². The molecule has 3 rings (SSSR count). The molecule has 0 bridgehead atoms. The molecule has 0 saturated heterocycles. The number of pyridine rings is 1. The van der Waals surface area contributed by atoms with E-state index in [2.05, 4.69) is 20.0 Å². The number of alkyl halides is 3. The first-order valence-electron chi connectivity index (χ1n) is 6.81. The third-order valence-electron chi connectivity index (χ3n) is 3.39. The number of halogens is 4. The van der Waals surface area contributed by atoms with Gasteiger partial charge in [-0.1, -0.05) is 5.16 Å². The van der Waals surface area contributed by atoms with Gasteiger partial charge in [-0.2, -0.15) is 13.2 Å². The first-order valence-corrected chi connectivity index (χ1v) is 6.81. The minimum atomic E-state index is -4.61. The van der Waals surface area contributed by atoms with Gasteiger partial charge in [0.1, 0.15) is 11.5 Å². The maximum absolute atomic E-state index is 13.2. The largest absolute Gasteiger partial charge is 0.436 e. The van der Waals surface area contributed by atoms with Crippen LogP contribution in [0.5, 0.6) is 0 Å². The Kier molecular flexibility index (Phi) is 3.78. The molecule has 1 saturated carbocycles. The molecule has 2 aromatic rings. The summed E-state index contributed by atoms with van der Waals surface area (Å²) in [6, 6.07) is 1.97. The zero-order chi connectivity index (χ0) is 16.6. The first-order chi connectivity index (χ1) is 10.8. The van der Waals surface area contributed by atoms with Crippen molar-refractivity contribution in [3.8, 4) is 0 Å². The van der Waals surface area contributed by atoms with Crippen molar-refractivity contribution in [3.63, 3.8) is 0 Å². The molecule has 0 unspecified atom stereocenters. The SMILES string of the molecule is O=C(NCc1cc(C(F)(F)F)no1)c1ncc(F)cc1C1CC1. The first kappa shape index (κ1) is 15.4. The summed E-state index contributed by atoms with van der Waals surface area (Å²) in [6.45, 7) is -0.273. The number of carbonyl (C=O) groups is 1. The summed E-state index contributed by atoms with van der Waals surface area (Å²) in [6.07, 6.45) is -1.98. The molecule has 0 aliphatic heterocycles. The molecule has 1 aliphatic rings. The van der Waals surface area contributed by atoms with Gasteiger partial charge in [-0.15, -0.1) is 0 Å². The number of carbonyl (C=O) groups excluding carboxylic acids is 1. The van der Waals surface area contributed by atoms with Crippen molar-refractivity contribution in [2.75, 3.05) is 0 Å². The topological polar surface area (TPSA) is 68.0 Å². The molecular weight excluding hydrogens is 318 g/mol. The van der Waals surface area contributed by atoms with Crippen molar-refractivity contribution in [1.29, 1.82) is 0 Å². The fourth-order valence-corrected chi connectivity index (χ4v) is 2.13. The van der Waals surface area contributed by atoms with Crippen molar-refractivity contribution in [2.45, 2.75) is 31.5 Å². The molecule has 2 aromatic heterocycles. The summed E-state index contributed by atoms with van der Waals surface area (Å²) in [5, 5.41) is 5.29. The highest BCUT2D eigenvalue weighted by Gasteiger charge is 2.35. The molecule has 2 heterocycles. The highest BCUT2D eigenvalue weighted by atomic mass is 19.4. The fraction of sp³-hybridized carbons (Fsp3) is 0.357. The molecule has 0 aromatic carbocycles. The Balaban J connectivity index is 1.69. The van der Waals surface area contributed by atoms with Gasteiger partial charge in [0.05, 0.1) is 12.7 Å². The van der Waals surface area contributed by atoms with Crippen LogP contribution in [0.2, 0.25) is 0 Å². The van der Waals surface area contributed by atoms with Crippen LogP contribution in [0.3, 0.4) is 0 Å². The van der Waals surface area contributed by atoms with Crippen LogP contribution in [0, 0.1) is 5.82 Å². The summed E-state index contributed by atoms with van der Waals surface area (Å²) in [5.41, 5.74) is -0.583. The van der Waals surface area contributed by atoms with Crippen LogP contribution in [0.1, 0.15) is 46.3 Å². The highest BCUT2D eigenvalue weighted by Crippen LogP contribution is 2.41. The number of rotatable bonds is 4. The molecule has 0 atom stereocenters. The lowest BCUT2D eigenvalue weighted by Gasteiger charge is -2.07. The lowest BCUT2D eigenvalue weighted by Crippen LogP contribution is -2.25. The van der Waals surface area contributed by atoms with E-state index in [1.54, 1.807) is 0 Å². The van der Waals surface area contributed by atoms with Crippen LogP contribution < -0.4 is 5.32 Å². The molecule has 9 heteroatoms. The zero-order valence-corrected chi connectivity index (χ0v) is 11.7. The van der Waals surface area contributed by atoms with Crippen LogP contribution in [-0.2, 0) is 12.7 Å². The van der Waals surface area contributed by atoms with E-state index in [4.69, 9.17) is 0 Å². The predicted molar refractivity (Wildman–Crippen MR) is 68.8 cm³/mol. The molecule has 122 valence electrons. The second-order valence-corrected chi connectivity index (χ2v) is 5.22. The Morgan fingerprint density at radius 2 is 2.09 bits per heavy atom. The van der Waals surface area contributed by atoms with Crippen molar-refractivity contribution >= 4 is 5.91 Å². The zero-order valence-electron chi connectivity index (χ0n) is 11.7. The second-order valence-electron chi connectivity index (χ2n) is 5.22. The normalized spacial score (nSPS) is 14.8. The van der Waals surface area contributed by atoms with Gasteiger partial charge in [-0.25, -0.2) is 9.37 Å². The van der Waals surface area contributed by atoms with Crippen LogP contribution >= 0.6 is 0 Å². The van der Waals surface area contributed by atoms with Gasteiger partial charge in [0.15, 0.2) is 11.5 Å². The minimum Gasteiger partial charge on any atom is -0.359 e. The van der Waals surface area contributed by atoms with Crippen LogP contribution in [0.4, 0.5) is 17.6 Å². The highest BCUT2D eigenvalue weighted by molar-refractivity contribution is 5.93. The molecule has 0 radical (unpaired) electrons. The van der Waals surface area contributed by atoms with Crippen molar-refractivity contribution in [1.82, 2.24) is 15.5 Å². The lowest BCUT2D eigenvalue weighted by atomic mass is 10.1. The van der Waals surface area contributed by atoms with Crippen LogP contribution in [0.15, 0.2) is 22.9 Å². The smallest absolute Gasteiger partial charge is 0.359 e. The molecule has 1 N–H and O–H groups in total. The van der Waals surface area contributed by atoms with Gasteiger partial charge >= 0.3 is 6.18 Å². The van der Waals surface area contributed by atoms with Crippen molar-refractivity contribution < 1.29 is 26.9 Å². The average Bonchev–Trinajstić information content (AvgIpc) is 3.21. The third kappa shape index (κ3) is 3.49. The molecular formula is C14H11F4N3O2. The fourth-order valence-electron chi connectivity index (χ4n) is 2.13. The third-order valence-corrected chi connectivity index (χ3v) is 3.39. The summed E-state index contributed by atoms with van der Waals surface area (Å²) in [7, 11) is 0. The monoisotopic (exact) mass is 329 g/mol. The second kappa shape index (κ2) is 5.64. The van der Waals surface area contributed by atoms with E-state index in [1.807, 2.05) is 0 Å². The number of aromatic nitrogens is 2. The number of nitrogens with zero attached hydrogens (tertiary/aromatic N) is 2. The van der Waals surface area contributed by atoms with Gasteiger partial charge < -0.3 is 9.84 Å². The van der Waals surface area contributed by atoms with Crippen LogP contribution in [0.25, 0.3) is 0 Å². The quantitative estimate of drug-likeness (QED) is 0.876. The van der Waals surface area contributed by atoms with Crippen LogP contribution in [-0.4, -0.2) is 16.0 Å². The molecule has 1 aliphatic carbocycles. The Hall–Kier alpha value is -2.45. The number of amides is 1. The van der Waals surface area contributed by atoms with Gasteiger partial charge in [0.2, 0.25) is 0 Å². The number of hydrogen-bond acceptors (Lipinski definition) is 4. The summed E-state index contributed by atoms with van der Waals surface area (Å²) in [5.74, 6) is -1.17. The lowest BCUT2D eigenvalue weighted by molar-refractivity contribution is -0.142. The van der Waals surface area contributed by atoms with E-state index in [-0.39, 0.29) is 23.9 Å². The maximum atomic E-state index is 13.2. The molecule has 23 heavy (non-hydrogen) atoms. The van der Waals surface area contributed by atoms with E-state index in [9.17, 15) is 22.4 Å². The molecule has 1 fully saturated rings. The van der Waals surface area contributed by atoms with Gasteiger partial charge in [0, 0.05) is 6.07 Å². The van der Waals surface area contributed by atoms with E-state index >= 15 is 0 Å². The molecule has 0 spiro atoms. The molecule has 1 amide bonds.